The van der Waals surface area contributed by atoms with Gasteiger partial charge >= 0.3 is 0 Å². The minimum absolute atomic E-state index is 0.102. The third-order valence-electron chi connectivity index (χ3n) is 6.62. The van der Waals surface area contributed by atoms with Crippen LogP contribution in [0.15, 0.2) is 84.9 Å². The Labute approximate surface area is 224 Å². The van der Waals surface area contributed by atoms with E-state index in [4.69, 9.17) is 23.7 Å². The van der Waals surface area contributed by atoms with Gasteiger partial charge in [-0.3, -0.25) is 0 Å². The van der Waals surface area contributed by atoms with Crippen LogP contribution in [0, 0.1) is 0 Å². The summed E-state index contributed by atoms with van der Waals surface area (Å²) in [4.78, 5) is 11.5. The van der Waals surface area contributed by atoms with Crippen LogP contribution in [0.25, 0.3) is 0 Å². The highest BCUT2D eigenvalue weighted by molar-refractivity contribution is 5.50. The highest BCUT2D eigenvalue weighted by atomic mass is 16.6. The van der Waals surface area contributed by atoms with E-state index in [1.54, 1.807) is 7.11 Å². The molecular weight excluding hydrogens is 484 g/mol. The lowest BCUT2D eigenvalue weighted by Crippen LogP contribution is -2.54. The molecule has 0 spiro atoms. The molecule has 4 rings (SSSR count). The predicted molar refractivity (Wildman–Crippen MR) is 143 cm³/mol. The van der Waals surface area contributed by atoms with E-state index in [9.17, 15) is 9.90 Å². The van der Waals surface area contributed by atoms with Gasteiger partial charge in [-0.15, -0.1) is 0 Å². The van der Waals surface area contributed by atoms with Gasteiger partial charge in [-0.1, -0.05) is 72.8 Å². The van der Waals surface area contributed by atoms with Crippen molar-refractivity contribution in [2.45, 2.75) is 63.2 Å². The van der Waals surface area contributed by atoms with Crippen molar-refractivity contribution >= 4 is 6.29 Å². The Kier molecular flexibility index (Phi) is 10.9. The molecule has 0 saturated carbocycles. The number of aliphatic hydroxyl groups is 1. The third-order valence-corrected chi connectivity index (χ3v) is 6.62. The van der Waals surface area contributed by atoms with Crippen LogP contribution in [0.1, 0.15) is 29.5 Å². The number of ether oxygens (including phenoxy) is 5. The number of carbonyl (C=O) groups excluding carboxylic acids is 1. The second-order valence-corrected chi connectivity index (χ2v) is 9.38. The molecule has 0 radical (unpaired) electrons. The lowest BCUT2D eigenvalue weighted by atomic mass is 9.93. The molecule has 1 N–H and O–H groups in total. The molecule has 1 aliphatic rings. The molecule has 1 saturated heterocycles. The Morgan fingerprint density at radius 3 is 2.16 bits per heavy atom. The molecule has 1 aliphatic heterocycles. The first kappa shape index (κ1) is 28.0. The predicted octanol–water partition coefficient (Wildman–Crippen LogP) is 4.49. The maximum absolute atomic E-state index is 11.5. The second kappa shape index (κ2) is 14.8. The maximum atomic E-state index is 11.5. The zero-order valence-corrected chi connectivity index (χ0v) is 21.7. The molecule has 3 aromatic rings. The van der Waals surface area contributed by atoms with E-state index in [2.05, 4.69) is 0 Å². The number of carbonyl (C=O) groups is 1. The van der Waals surface area contributed by atoms with Crippen molar-refractivity contribution in [3.63, 3.8) is 0 Å². The van der Waals surface area contributed by atoms with Crippen molar-refractivity contribution in [3.8, 4) is 5.75 Å². The maximum Gasteiger partial charge on any atom is 0.122 e. The first-order valence-corrected chi connectivity index (χ1v) is 12.9. The number of aldehydes is 1. The fourth-order valence-electron chi connectivity index (χ4n) is 4.52. The number of hydrogen-bond acceptors (Lipinski definition) is 7. The molecule has 5 atom stereocenters. The van der Waals surface area contributed by atoms with E-state index in [1.165, 1.54) is 0 Å². The summed E-state index contributed by atoms with van der Waals surface area (Å²) in [5, 5.41) is 11.1. The first-order chi connectivity index (χ1) is 18.7. The van der Waals surface area contributed by atoms with Crippen LogP contribution in [0.4, 0.5) is 0 Å². The van der Waals surface area contributed by atoms with Crippen molar-refractivity contribution in [2.24, 2.45) is 0 Å². The van der Waals surface area contributed by atoms with Gasteiger partial charge in [-0.25, -0.2) is 0 Å². The molecular formula is C31H36O7. The summed E-state index contributed by atoms with van der Waals surface area (Å²) in [5.74, 6) is 0.754. The van der Waals surface area contributed by atoms with E-state index >= 15 is 0 Å². The van der Waals surface area contributed by atoms with Crippen molar-refractivity contribution in [3.05, 3.63) is 102 Å². The molecule has 0 aromatic heterocycles. The lowest BCUT2D eigenvalue weighted by Gasteiger charge is -2.42. The molecule has 3 aromatic carbocycles. The Bertz CT molecular complexity index is 1070. The SMILES string of the molecule is COc1ccc(CO[C@H](CC=O)[C@@H]2O[C@H](COCc3ccccc3)[C@H](OCc3ccccc3)C[C@H]2O)cc1. The molecule has 7 heteroatoms. The van der Waals surface area contributed by atoms with Gasteiger partial charge in [-0.2, -0.15) is 0 Å². The average Bonchev–Trinajstić information content (AvgIpc) is 2.96. The van der Waals surface area contributed by atoms with Crippen LogP contribution < -0.4 is 4.74 Å². The third kappa shape index (κ3) is 8.21. The Hall–Kier alpha value is -3.07. The number of rotatable bonds is 14. The van der Waals surface area contributed by atoms with Crippen molar-refractivity contribution in [2.75, 3.05) is 13.7 Å². The van der Waals surface area contributed by atoms with Gasteiger partial charge in [0.05, 0.1) is 51.8 Å². The monoisotopic (exact) mass is 520 g/mol. The normalized spacial score (nSPS) is 22.1. The quantitative estimate of drug-likeness (QED) is 0.314. The van der Waals surface area contributed by atoms with Crippen molar-refractivity contribution < 1.29 is 33.6 Å². The summed E-state index contributed by atoms with van der Waals surface area (Å²) in [5.41, 5.74) is 3.02. The van der Waals surface area contributed by atoms with Gasteiger partial charge in [0.2, 0.25) is 0 Å². The Morgan fingerprint density at radius 1 is 0.895 bits per heavy atom. The summed E-state index contributed by atoms with van der Waals surface area (Å²) in [6, 6.07) is 27.3. The topological polar surface area (TPSA) is 83.5 Å². The molecule has 1 fully saturated rings. The van der Waals surface area contributed by atoms with Gasteiger partial charge < -0.3 is 33.6 Å². The zero-order chi connectivity index (χ0) is 26.6. The van der Waals surface area contributed by atoms with Crippen LogP contribution in [-0.2, 0) is 43.6 Å². The number of methoxy groups -OCH3 is 1. The zero-order valence-electron chi connectivity index (χ0n) is 21.7. The first-order valence-electron chi connectivity index (χ1n) is 12.9. The van der Waals surface area contributed by atoms with Gasteiger partial charge in [0.15, 0.2) is 0 Å². The lowest BCUT2D eigenvalue weighted by molar-refractivity contribution is -0.231. The van der Waals surface area contributed by atoms with E-state index < -0.39 is 24.4 Å². The highest BCUT2D eigenvalue weighted by Gasteiger charge is 2.42. The summed E-state index contributed by atoms with van der Waals surface area (Å²) < 4.78 is 29.9. The molecule has 1 heterocycles. The summed E-state index contributed by atoms with van der Waals surface area (Å²) in [6.45, 7) is 1.39. The van der Waals surface area contributed by atoms with Gasteiger partial charge in [0.1, 0.15) is 24.2 Å². The van der Waals surface area contributed by atoms with Crippen LogP contribution in [0.3, 0.4) is 0 Å². The molecule has 0 amide bonds. The summed E-state index contributed by atoms with van der Waals surface area (Å²) >= 11 is 0. The van der Waals surface area contributed by atoms with E-state index in [0.717, 1.165) is 28.7 Å². The molecule has 0 bridgehead atoms. The Morgan fingerprint density at radius 2 is 1.53 bits per heavy atom. The van der Waals surface area contributed by atoms with Gasteiger partial charge in [-0.05, 0) is 28.8 Å². The van der Waals surface area contributed by atoms with Crippen LogP contribution >= 0.6 is 0 Å². The van der Waals surface area contributed by atoms with Crippen LogP contribution in [-0.4, -0.2) is 55.6 Å². The van der Waals surface area contributed by atoms with Crippen molar-refractivity contribution in [1.29, 1.82) is 0 Å². The standard InChI is InChI=1S/C31H36O7/c1-34-26-14-12-25(13-15-26)21-36-28(16-17-32)31-27(33)18-29(37-20-24-10-6-3-7-11-24)30(38-31)22-35-19-23-8-4-2-5-9-23/h2-15,17,27-31,33H,16,18-22H2,1H3/t27-,28-,29-,30-,31-/m1/s1. The van der Waals surface area contributed by atoms with Crippen LogP contribution in [0.2, 0.25) is 0 Å². The number of benzene rings is 3. The number of hydrogen-bond donors (Lipinski definition) is 1. The second-order valence-electron chi connectivity index (χ2n) is 9.38. The Balaban J connectivity index is 1.42. The molecule has 0 unspecified atom stereocenters. The van der Waals surface area contributed by atoms with E-state index in [1.807, 2.05) is 84.9 Å². The van der Waals surface area contributed by atoms with E-state index in [0.29, 0.717) is 19.6 Å². The average molecular weight is 521 g/mol. The van der Waals surface area contributed by atoms with E-state index in [-0.39, 0.29) is 25.7 Å². The minimum Gasteiger partial charge on any atom is -0.497 e. The smallest absolute Gasteiger partial charge is 0.122 e. The van der Waals surface area contributed by atoms with Crippen LogP contribution in [0.5, 0.6) is 5.75 Å². The fraction of sp³-hybridized carbons (Fsp3) is 0.387. The fourth-order valence-corrected chi connectivity index (χ4v) is 4.52. The highest BCUT2D eigenvalue weighted by Crippen LogP contribution is 2.29. The number of aliphatic hydroxyl groups excluding tert-OH is 1. The minimum atomic E-state index is -0.859. The van der Waals surface area contributed by atoms with Gasteiger partial charge in [0.25, 0.3) is 0 Å². The largest absolute Gasteiger partial charge is 0.497 e. The molecule has 38 heavy (non-hydrogen) atoms. The molecule has 0 aliphatic carbocycles. The molecule has 7 nitrogen and oxygen atoms in total. The van der Waals surface area contributed by atoms with Gasteiger partial charge in [0, 0.05) is 12.8 Å². The summed E-state index contributed by atoms with van der Waals surface area (Å²) in [7, 11) is 1.62. The summed E-state index contributed by atoms with van der Waals surface area (Å²) in [6.07, 6.45) is -1.74. The molecule has 202 valence electrons. The van der Waals surface area contributed by atoms with Crippen molar-refractivity contribution in [1.82, 2.24) is 0 Å².